The van der Waals surface area contributed by atoms with Crippen molar-refractivity contribution in [3.63, 3.8) is 0 Å². The van der Waals surface area contributed by atoms with Crippen LogP contribution >= 0.6 is 0 Å². The van der Waals surface area contributed by atoms with Gasteiger partial charge in [-0.15, -0.1) is 0 Å². The van der Waals surface area contributed by atoms with Crippen molar-refractivity contribution in [1.82, 2.24) is 14.5 Å². The molecule has 1 aromatic carbocycles. The number of ether oxygens (including phenoxy) is 1. The second kappa shape index (κ2) is 7.60. The van der Waals surface area contributed by atoms with Crippen molar-refractivity contribution in [3.8, 4) is 0 Å². The Labute approximate surface area is 169 Å². The Balaban J connectivity index is 1.47. The fraction of sp³-hybridized carbons (Fsp3) is 0.381. The summed E-state index contributed by atoms with van der Waals surface area (Å²) in [6, 6.07) is 10.2. The summed E-state index contributed by atoms with van der Waals surface area (Å²) in [6.07, 6.45) is 1.70. The van der Waals surface area contributed by atoms with Crippen molar-refractivity contribution < 1.29 is 13.9 Å². The number of oxazole rings is 1. The predicted molar refractivity (Wildman–Crippen MR) is 112 cm³/mol. The fourth-order valence-electron chi connectivity index (χ4n) is 3.40. The zero-order valence-electron chi connectivity index (χ0n) is 17.0. The number of hydrogen-bond acceptors (Lipinski definition) is 5. The Morgan fingerprint density at radius 3 is 2.79 bits per heavy atom. The van der Waals surface area contributed by atoms with Crippen LogP contribution in [0.15, 0.2) is 45.7 Å². The van der Waals surface area contributed by atoms with E-state index in [-0.39, 0.29) is 12.6 Å². The Morgan fingerprint density at radius 2 is 2.03 bits per heavy atom. The zero-order valence-corrected chi connectivity index (χ0v) is 18.0. The van der Waals surface area contributed by atoms with Crippen molar-refractivity contribution in [2.45, 2.75) is 45.5 Å². The summed E-state index contributed by atoms with van der Waals surface area (Å²) in [6.45, 7) is 8.61. The lowest BCUT2D eigenvalue weighted by atomic mass is 10.2. The van der Waals surface area contributed by atoms with Gasteiger partial charge in [0.15, 0.2) is 5.58 Å². The van der Waals surface area contributed by atoms with E-state index in [4.69, 9.17) is 9.15 Å². The van der Waals surface area contributed by atoms with Gasteiger partial charge < -0.3 is 14.1 Å². The van der Waals surface area contributed by atoms with Crippen LogP contribution in [-0.2, 0) is 24.6 Å². The minimum absolute atomic E-state index is 0.0250. The SMILES string of the molecule is C[Si](C)(C)CCOCn1c(=O)oc2cc(CN3Cc4ncccc4C3=O)ccc21. The molecule has 0 saturated carbocycles. The van der Waals surface area contributed by atoms with Gasteiger partial charge in [0.1, 0.15) is 6.73 Å². The molecular formula is C21H25N3O4Si. The minimum Gasteiger partial charge on any atom is -0.408 e. The molecule has 4 rings (SSSR count). The van der Waals surface area contributed by atoms with Crippen molar-refractivity contribution in [2.75, 3.05) is 6.61 Å². The van der Waals surface area contributed by atoms with Crippen LogP contribution in [-0.4, -0.2) is 35.0 Å². The quantitative estimate of drug-likeness (QED) is 0.439. The summed E-state index contributed by atoms with van der Waals surface area (Å²) < 4.78 is 12.6. The summed E-state index contributed by atoms with van der Waals surface area (Å²) in [5.74, 6) is -0.456. The molecule has 7 nitrogen and oxygen atoms in total. The molecule has 0 spiro atoms. The molecule has 1 amide bonds. The van der Waals surface area contributed by atoms with E-state index in [1.807, 2.05) is 18.2 Å². The molecule has 0 radical (unpaired) electrons. The maximum Gasteiger partial charge on any atom is 0.421 e. The third-order valence-electron chi connectivity index (χ3n) is 5.07. The van der Waals surface area contributed by atoms with Crippen molar-refractivity contribution in [1.29, 1.82) is 0 Å². The first kappa shape index (κ1) is 19.6. The van der Waals surface area contributed by atoms with E-state index in [9.17, 15) is 9.59 Å². The summed E-state index contributed by atoms with van der Waals surface area (Å²) in [5, 5.41) is 0. The van der Waals surface area contributed by atoms with E-state index in [1.54, 1.807) is 23.2 Å². The van der Waals surface area contributed by atoms with Crippen LogP contribution in [0.1, 0.15) is 21.6 Å². The second-order valence-corrected chi connectivity index (χ2v) is 14.2. The van der Waals surface area contributed by atoms with Crippen LogP contribution in [0.2, 0.25) is 25.7 Å². The smallest absolute Gasteiger partial charge is 0.408 e. The summed E-state index contributed by atoms with van der Waals surface area (Å²) in [4.78, 5) is 30.8. The Hall–Kier alpha value is -2.71. The highest BCUT2D eigenvalue weighted by molar-refractivity contribution is 6.76. The van der Waals surface area contributed by atoms with Gasteiger partial charge in [-0.1, -0.05) is 25.7 Å². The standard InChI is InChI=1S/C21H25N3O4Si/c1-29(2,3)10-9-27-14-24-18-7-6-15(11-19(18)28-21(24)26)12-23-13-17-16(20(23)25)5-4-8-22-17/h4-8,11H,9-10,12-14H2,1-3H3. The van der Waals surface area contributed by atoms with Gasteiger partial charge in [0.05, 0.1) is 23.3 Å². The van der Waals surface area contributed by atoms with Crippen LogP contribution in [0.25, 0.3) is 11.1 Å². The lowest BCUT2D eigenvalue weighted by Crippen LogP contribution is -2.23. The van der Waals surface area contributed by atoms with Gasteiger partial charge in [-0.25, -0.2) is 9.36 Å². The minimum atomic E-state index is -1.17. The summed E-state index contributed by atoms with van der Waals surface area (Å²) >= 11 is 0. The average molecular weight is 412 g/mol. The highest BCUT2D eigenvalue weighted by Gasteiger charge is 2.28. The summed E-state index contributed by atoms with van der Waals surface area (Å²) in [5.41, 5.74) is 3.56. The number of hydrogen-bond donors (Lipinski definition) is 0. The number of amides is 1. The number of carbonyl (C=O) groups is 1. The Bertz CT molecular complexity index is 1110. The number of aromatic nitrogens is 2. The Kier molecular flexibility index (Phi) is 5.14. The van der Waals surface area contributed by atoms with Gasteiger partial charge >= 0.3 is 5.76 Å². The van der Waals surface area contributed by atoms with Gasteiger partial charge in [0.25, 0.3) is 5.91 Å². The number of benzene rings is 1. The van der Waals surface area contributed by atoms with E-state index in [1.165, 1.54) is 4.57 Å². The molecular weight excluding hydrogens is 386 g/mol. The molecule has 3 heterocycles. The highest BCUT2D eigenvalue weighted by atomic mass is 28.3. The molecule has 2 aromatic heterocycles. The first-order valence-electron chi connectivity index (χ1n) is 9.75. The molecule has 1 aliphatic rings. The van der Waals surface area contributed by atoms with Crippen LogP contribution in [0.4, 0.5) is 0 Å². The molecule has 8 heteroatoms. The predicted octanol–water partition coefficient (Wildman–Crippen LogP) is 3.46. The normalized spacial score (nSPS) is 14.0. The van der Waals surface area contributed by atoms with Gasteiger partial charge in [-0.05, 0) is 35.9 Å². The molecule has 29 heavy (non-hydrogen) atoms. The highest BCUT2D eigenvalue weighted by Crippen LogP contribution is 2.24. The average Bonchev–Trinajstić information content (AvgIpc) is 3.14. The summed E-state index contributed by atoms with van der Waals surface area (Å²) in [7, 11) is -1.17. The lowest BCUT2D eigenvalue weighted by Gasteiger charge is -2.15. The molecule has 0 aliphatic carbocycles. The molecule has 0 unspecified atom stereocenters. The first-order chi connectivity index (χ1) is 13.8. The first-order valence-corrected chi connectivity index (χ1v) is 13.5. The molecule has 0 N–H and O–H groups in total. The third kappa shape index (κ3) is 4.18. The van der Waals surface area contributed by atoms with Crippen LogP contribution < -0.4 is 5.76 Å². The molecule has 0 bridgehead atoms. The van der Waals surface area contributed by atoms with Crippen molar-refractivity contribution >= 4 is 25.1 Å². The van der Waals surface area contributed by atoms with Crippen LogP contribution in [0.3, 0.4) is 0 Å². The van der Waals surface area contributed by atoms with E-state index >= 15 is 0 Å². The van der Waals surface area contributed by atoms with Crippen molar-refractivity contribution in [3.05, 3.63) is 63.9 Å². The monoisotopic (exact) mass is 411 g/mol. The van der Waals surface area contributed by atoms with Gasteiger partial charge in [-0.2, -0.15) is 0 Å². The maximum atomic E-state index is 12.5. The number of fused-ring (bicyclic) bond motifs is 2. The van der Waals surface area contributed by atoms with Crippen molar-refractivity contribution in [2.24, 2.45) is 0 Å². The fourth-order valence-corrected chi connectivity index (χ4v) is 4.15. The Morgan fingerprint density at radius 1 is 1.21 bits per heavy atom. The van der Waals surface area contributed by atoms with Crippen LogP contribution in [0, 0.1) is 0 Å². The van der Waals surface area contributed by atoms with E-state index in [2.05, 4.69) is 24.6 Å². The molecule has 152 valence electrons. The van der Waals surface area contributed by atoms with E-state index in [0.717, 1.165) is 17.3 Å². The third-order valence-corrected chi connectivity index (χ3v) is 6.78. The largest absolute Gasteiger partial charge is 0.421 e. The number of carbonyl (C=O) groups excluding carboxylic acids is 1. The van der Waals surface area contributed by atoms with E-state index < -0.39 is 13.8 Å². The maximum absolute atomic E-state index is 12.5. The molecule has 3 aromatic rings. The zero-order chi connectivity index (χ0) is 20.6. The van der Waals surface area contributed by atoms with E-state index in [0.29, 0.717) is 36.4 Å². The van der Waals surface area contributed by atoms with Crippen LogP contribution in [0.5, 0.6) is 0 Å². The molecule has 0 saturated heterocycles. The second-order valence-electron chi connectivity index (χ2n) is 8.60. The number of pyridine rings is 1. The lowest BCUT2D eigenvalue weighted by molar-refractivity contribution is 0.0766. The molecule has 0 atom stereocenters. The number of rotatable bonds is 7. The molecule has 1 aliphatic heterocycles. The number of nitrogens with zero attached hydrogens (tertiary/aromatic N) is 3. The van der Waals surface area contributed by atoms with Gasteiger partial charge in [-0.3, -0.25) is 9.78 Å². The van der Waals surface area contributed by atoms with Gasteiger partial charge in [0.2, 0.25) is 0 Å². The topological polar surface area (TPSA) is 77.6 Å². The molecule has 0 fully saturated rings. The van der Waals surface area contributed by atoms with Gasteiger partial charge in [0, 0.05) is 27.4 Å².